The fourth-order valence-electron chi connectivity index (χ4n) is 4.02. The van der Waals surface area contributed by atoms with Crippen molar-refractivity contribution in [2.45, 2.75) is 12.8 Å². The molecule has 0 aliphatic carbocycles. The highest BCUT2D eigenvalue weighted by atomic mass is 16.5. The summed E-state index contributed by atoms with van der Waals surface area (Å²) in [5.41, 5.74) is 8.71. The van der Waals surface area contributed by atoms with E-state index in [1.807, 2.05) is 0 Å². The maximum Gasteiger partial charge on any atom is 0.355 e. The van der Waals surface area contributed by atoms with Crippen molar-refractivity contribution in [2.24, 2.45) is 5.73 Å². The van der Waals surface area contributed by atoms with Crippen LogP contribution in [0.2, 0.25) is 0 Å². The van der Waals surface area contributed by atoms with Gasteiger partial charge in [0.15, 0.2) is 0 Å². The number of nitrogens with two attached hydrogens (primary N) is 1. The van der Waals surface area contributed by atoms with Crippen molar-refractivity contribution in [3.05, 3.63) is 88.6 Å². The van der Waals surface area contributed by atoms with Crippen molar-refractivity contribution < 1.29 is 19.1 Å². The average molecular weight is 471 g/mol. The van der Waals surface area contributed by atoms with E-state index in [0.29, 0.717) is 22.5 Å². The number of allylic oxidation sites excluding steroid dienone is 1. The van der Waals surface area contributed by atoms with Crippen LogP contribution >= 0.6 is 0 Å². The largest absolute Gasteiger partial charge is 0.466 e. The summed E-state index contributed by atoms with van der Waals surface area (Å²) in [6.07, 6.45) is 1.41. The Morgan fingerprint density at radius 2 is 1.80 bits per heavy atom. The summed E-state index contributed by atoms with van der Waals surface area (Å²) < 4.78 is 11.5. The zero-order chi connectivity index (χ0) is 25.1. The molecular formula is C24H21N7O4. The minimum absolute atomic E-state index is 0.0219. The number of carbonyl (C=O) groups excluding carboxylic acids is 2. The number of hydrogen-bond acceptors (Lipinski definition) is 10. The van der Waals surface area contributed by atoms with Crippen LogP contribution in [-0.4, -0.2) is 46.4 Å². The van der Waals surface area contributed by atoms with Gasteiger partial charge in [-0.05, 0) is 40.6 Å². The first-order valence-electron chi connectivity index (χ1n) is 10.4. The number of nitriles is 1. The molecule has 1 aliphatic heterocycles. The second kappa shape index (κ2) is 9.48. The van der Waals surface area contributed by atoms with Gasteiger partial charge in [-0.3, -0.25) is 4.90 Å². The van der Waals surface area contributed by atoms with E-state index in [1.165, 1.54) is 30.1 Å². The zero-order valence-corrected chi connectivity index (χ0v) is 19.2. The lowest BCUT2D eigenvalue weighted by Crippen LogP contribution is -2.41. The number of esters is 2. The molecule has 0 radical (unpaired) electrons. The van der Waals surface area contributed by atoms with Crippen LogP contribution < -0.4 is 10.6 Å². The van der Waals surface area contributed by atoms with Gasteiger partial charge in [0.25, 0.3) is 0 Å². The van der Waals surface area contributed by atoms with E-state index in [-0.39, 0.29) is 22.7 Å². The topological polar surface area (TPSA) is 149 Å². The summed E-state index contributed by atoms with van der Waals surface area (Å²) >= 11 is 0. The van der Waals surface area contributed by atoms with Gasteiger partial charge < -0.3 is 15.2 Å². The molecule has 3 aromatic rings. The van der Waals surface area contributed by atoms with Gasteiger partial charge in [-0.25, -0.2) is 14.3 Å². The molecule has 0 spiro atoms. The van der Waals surface area contributed by atoms with E-state index >= 15 is 0 Å². The summed E-state index contributed by atoms with van der Waals surface area (Å²) in [4.78, 5) is 27.7. The summed E-state index contributed by atoms with van der Waals surface area (Å²) in [5, 5.41) is 21.3. The Kier molecular flexibility index (Phi) is 6.28. The fourth-order valence-corrected chi connectivity index (χ4v) is 4.02. The summed E-state index contributed by atoms with van der Waals surface area (Å²) in [7, 11) is 2.40. The van der Waals surface area contributed by atoms with Crippen LogP contribution in [0.5, 0.6) is 0 Å². The number of aryl methyl sites for hydroxylation is 1. The molecule has 2 heterocycles. The fraction of sp³-hybridized carbons (Fsp3) is 0.167. The quantitative estimate of drug-likeness (QED) is 0.546. The molecule has 1 atom stereocenters. The van der Waals surface area contributed by atoms with Gasteiger partial charge >= 0.3 is 11.9 Å². The van der Waals surface area contributed by atoms with Gasteiger partial charge in [-0.1, -0.05) is 36.4 Å². The van der Waals surface area contributed by atoms with E-state index in [2.05, 4.69) is 21.6 Å². The number of carbonyl (C=O) groups is 2. The predicted molar refractivity (Wildman–Crippen MR) is 123 cm³/mol. The van der Waals surface area contributed by atoms with Crippen molar-refractivity contribution in [1.29, 1.82) is 5.26 Å². The third-order valence-corrected chi connectivity index (χ3v) is 5.66. The maximum atomic E-state index is 13.2. The minimum atomic E-state index is -0.943. The van der Waals surface area contributed by atoms with Crippen molar-refractivity contribution in [3.8, 4) is 11.8 Å². The zero-order valence-electron chi connectivity index (χ0n) is 19.2. The first-order valence-corrected chi connectivity index (χ1v) is 10.4. The van der Waals surface area contributed by atoms with Crippen LogP contribution in [0.1, 0.15) is 17.0 Å². The minimum Gasteiger partial charge on any atom is -0.466 e. The molecule has 35 heavy (non-hydrogen) atoms. The molecule has 0 saturated carbocycles. The molecule has 2 aromatic carbocycles. The molecule has 4 rings (SSSR count). The molecule has 0 bridgehead atoms. The second-order valence-corrected chi connectivity index (χ2v) is 7.56. The summed E-state index contributed by atoms with van der Waals surface area (Å²) in [6.45, 7) is 1.80. The monoisotopic (exact) mass is 471 g/mol. The van der Waals surface area contributed by atoms with Crippen molar-refractivity contribution in [1.82, 2.24) is 20.2 Å². The number of nitrogens with zero attached hydrogens (tertiary/aromatic N) is 6. The maximum absolute atomic E-state index is 13.2. The number of hydrogen-bond donors (Lipinski definition) is 1. The van der Waals surface area contributed by atoms with E-state index in [9.17, 15) is 14.9 Å². The van der Waals surface area contributed by atoms with Gasteiger partial charge in [0.05, 0.1) is 48.7 Å². The van der Waals surface area contributed by atoms with Crippen LogP contribution in [0.25, 0.3) is 5.69 Å². The highest BCUT2D eigenvalue weighted by molar-refractivity contribution is 6.06. The number of rotatable bonds is 5. The lowest BCUT2D eigenvalue weighted by atomic mass is 9.80. The normalized spacial score (nSPS) is 15.6. The summed E-state index contributed by atoms with van der Waals surface area (Å²) in [5.74, 6) is -2.58. The van der Waals surface area contributed by atoms with Gasteiger partial charge in [0.1, 0.15) is 17.8 Å². The van der Waals surface area contributed by atoms with Gasteiger partial charge in [0.2, 0.25) is 0 Å². The number of benzene rings is 2. The molecule has 0 amide bonds. The SMILES string of the molecule is COC(=O)C1=C(C(=O)OC)N(c2cc(-n3cnnn3)ccc2C)C(N)=C(C#N)C1c1ccccc1. The first kappa shape index (κ1) is 23.2. The molecule has 2 N–H and O–H groups in total. The predicted octanol–water partition coefficient (Wildman–Crippen LogP) is 1.87. The molecule has 176 valence electrons. The molecule has 11 heteroatoms. The van der Waals surface area contributed by atoms with E-state index < -0.39 is 17.9 Å². The number of aromatic nitrogens is 4. The van der Waals surface area contributed by atoms with Gasteiger partial charge in [0, 0.05) is 0 Å². The van der Waals surface area contributed by atoms with E-state index in [0.717, 1.165) is 0 Å². The Balaban J connectivity index is 2.06. The molecule has 11 nitrogen and oxygen atoms in total. The second-order valence-electron chi connectivity index (χ2n) is 7.56. The molecule has 0 saturated heterocycles. The smallest absolute Gasteiger partial charge is 0.355 e. The first-order chi connectivity index (χ1) is 16.9. The Hall–Kier alpha value is -4.98. The van der Waals surface area contributed by atoms with E-state index in [1.54, 1.807) is 55.5 Å². The number of anilines is 1. The molecule has 1 aliphatic rings. The van der Waals surface area contributed by atoms with Crippen LogP contribution in [-0.2, 0) is 19.1 Å². The molecule has 0 fully saturated rings. The Morgan fingerprint density at radius 1 is 1.09 bits per heavy atom. The molecule has 1 unspecified atom stereocenters. The lowest BCUT2D eigenvalue weighted by molar-refractivity contribution is -0.139. The van der Waals surface area contributed by atoms with Gasteiger partial charge in [-0.15, -0.1) is 5.10 Å². The standard InChI is InChI=1S/C24H21N7O4/c1-14-9-10-16(30-13-27-28-29-30)11-18(14)31-21(24(33)35-3)20(23(32)34-2)19(17(12-25)22(31)26)15-7-5-4-6-8-15/h4-11,13,19H,26H2,1-3H3. The van der Waals surface area contributed by atoms with Crippen LogP contribution in [0.15, 0.2) is 77.5 Å². The van der Waals surface area contributed by atoms with Crippen molar-refractivity contribution >= 4 is 17.6 Å². The lowest BCUT2D eigenvalue weighted by Gasteiger charge is -2.36. The Labute approximate surface area is 200 Å². The number of methoxy groups -OCH3 is 2. The molecule has 1 aromatic heterocycles. The molecular weight excluding hydrogens is 450 g/mol. The highest BCUT2D eigenvalue weighted by Gasteiger charge is 2.43. The van der Waals surface area contributed by atoms with Crippen LogP contribution in [0, 0.1) is 18.3 Å². The number of ether oxygens (including phenoxy) is 2. The van der Waals surface area contributed by atoms with Crippen LogP contribution in [0.4, 0.5) is 5.69 Å². The number of tetrazole rings is 1. The van der Waals surface area contributed by atoms with Gasteiger partial charge in [-0.2, -0.15) is 5.26 Å². The van der Waals surface area contributed by atoms with Crippen LogP contribution in [0.3, 0.4) is 0 Å². The highest BCUT2D eigenvalue weighted by Crippen LogP contribution is 2.44. The van der Waals surface area contributed by atoms with E-state index in [4.69, 9.17) is 15.2 Å². The summed E-state index contributed by atoms with van der Waals surface area (Å²) in [6, 6.07) is 16.2. The Bertz CT molecular complexity index is 1390. The van der Waals surface area contributed by atoms with Crippen molar-refractivity contribution in [2.75, 3.05) is 19.1 Å². The average Bonchev–Trinajstić information content (AvgIpc) is 3.43. The Morgan fingerprint density at radius 3 is 2.40 bits per heavy atom. The third kappa shape index (κ3) is 3.97. The third-order valence-electron chi connectivity index (χ3n) is 5.66. The van der Waals surface area contributed by atoms with Crippen molar-refractivity contribution in [3.63, 3.8) is 0 Å².